The van der Waals surface area contributed by atoms with Crippen LogP contribution in [0.1, 0.15) is 11.1 Å². The van der Waals surface area contributed by atoms with Gasteiger partial charge < -0.3 is 9.55 Å². The quantitative estimate of drug-likeness (QED) is 0.264. The first-order valence-corrected chi connectivity index (χ1v) is 10.6. The number of aromatic nitrogens is 3. The van der Waals surface area contributed by atoms with Crippen LogP contribution < -0.4 is 0 Å². The summed E-state index contributed by atoms with van der Waals surface area (Å²) in [4.78, 5) is 8.35. The first-order chi connectivity index (χ1) is 15.2. The Balaban J connectivity index is 1.50. The molecular formula is C25H17FN4S. The minimum absolute atomic E-state index is 0.244. The molecule has 0 radical (unpaired) electrons. The molecule has 0 spiro atoms. The number of hydrogen-bond acceptors (Lipinski definition) is 3. The summed E-state index contributed by atoms with van der Waals surface area (Å²) >= 11 is 1.32. The first-order valence-electron chi connectivity index (χ1n) is 9.76. The van der Waals surface area contributed by atoms with Crippen molar-refractivity contribution in [2.45, 2.75) is 11.7 Å². The van der Waals surface area contributed by atoms with Gasteiger partial charge in [0.15, 0.2) is 5.16 Å². The Bertz CT molecular complexity index is 1420. The molecule has 2 heterocycles. The predicted molar refractivity (Wildman–Crippen MR) is 123 cm³/mol. The number of nitrogens with zero attached hydrogens (tertiary/aromatic N) is 3. The predicted octanol–water partition coefficient (Wildman–Crippen LogP) is 6.36. The van der Waals surface area contributed by atoms with Crippen molar-refractivity contribution >= 4 is 39.8 Å². The Kier molecular flexibility index (Phi) is 5.03. The van der Waals surface area contributed by atoms with Crippen LogP contribution in [0.3, 0.4) is 0 Å². The molecule has 0 aliphatic rings. The van der Waals surface area contributed by atoms with Crippen LogP contribution in [0.4, 0.5) is 4.39 Å². The number of allylic oxidation sites excluding steroid dienone is 1. The van der Waals surface area contributed by atoms with Crippen LogP contribution in [0.25, 0.3) is 28.0 Å². The molecule has 5 aromatic rings. The minimum Gasteiger partial charge on any atom is -0.342 e. The summed E-state index contributed by atoms with van der Waals surface area (Å²) < 4.78 is 15.4. The first kappa shape index (κ1) is 19.2. The van der Waals surface area contributed by atoms with E-state index in [-0.39, 0.29) is 5.82 Å². The number of thioether (sulfide) groups is 1. The summed E-state index contributed by atoms with van der Waals surface area (Å²) in [5.41, 5.74) is 4.84. The number of hydrogen-bond donors (Lipinski definition) is 1. The molecule has 6 heteroatoms. The number of imidazole rings is 1. The maximum Gasteiger partial charge on any atom is 0.171 e. The number of fused-ring (bicyclic) bond motifs is 2. The highest BCUT2D eigenvalue weighted by atomic mass is 32.2. The van der Waals surface area contributed by atoms with Gasteiger partial charge in [-0.15, -0.1) is 0 Å². The molecule has 0 unspecified atom stereocenters. The molecule has 5 rings (SSSR count). The van der Waals surface area contributed by atoms with Gasteiger partial charge in [-0.1, -0.05) is 42.5 Å². The summed E-state index contributed by atoms with van der Waals surface area (Å²) in [7, 11) is 0. The van der Waals surface area contributed by atoms with Gasteiger partial charge >= 0.3 is 0 Å². The Hall–Kier alpha value is -3.82. The molecule has 2 aromatic heterocycles. The number of nitrogens with one attached hydrogen (secondary N) is 1. The van der Waals surface area contributed by atoms with E-state index in [1.807, 2.05) is 54.7 Å². The second kappa shape index (κ2) is 8.13. The lowest BCUT2D eigenvalue weighted by Crippen LogP contribution is -1.97. The Morgan fingerprint density at radius 1 is 1.06 bits per heavy atom. The van der Waals surface area contributed by atoms with Crippen molar-refractivity contribution in [3.63, 3.8) is 0 Å². The summed E-state index contributed by atoms with van der Waals surface area (Å²) in [6.45, 7) is 0.618. The van der Waals surface area contributed by atoms with E-state index in [0.717, 1.165) is 33.1 Å². The third-order valence-corrected chi connectivity index (χ3v) is 5.87. The Labute approximate surface area is 182 Å². The zero-order valence-corrected chi connectivity index (χ0v) is 17.2. The molecule has 3 aromatic carbocycles. The Morgan fingerprint density at radius 2 is 1.84 bits per heavy atom. The van der Waals surface area contributed by atoms with Gasteiger partial charge in [-0.2, -0.15) is 5.26 Å². The van der Waals surface area contributed by atoms with Gasteiger partial charge in [-0.25, -0.2) is 9.37 Å². The molecule has 0 aliphatic carbocycles. The molecule has 0 fully saturated rings. The smallest absolute Gasteiger partial charge is 0.171 e. The number of para-hydroxylation sites is 3. The average molecular weight is 425 g/mol. The fourth-order valence-electron chi connectivity index (χ4n) is 3.62. The number of rotatable bonds is 5. The van der Waals surface area contributed by atoms with Crippen LogP contribution in [0, 0.1) is 17.1 Å². The fraction of sp³-hybridized carbons (Fsp3) is 0.0400. The highest BCUT2D eigenvalue weighted by molar-refractivity contribution is 8.03. The highest BCUT2D eigenvalue weighted by Gasteiger charge is 2.11. The standard InChI is InChI=1S/C25H17FN4S/c26-19-11-9-17(10-12-19)15-30-16-18(21-5-1-4-8-24(21)30)13-20(14-27)31-25-28-22-6-2-3-7-23(22)29-25/h1-13,16H,15H2,(H,28,29)/b20-13+. The van der Waals surface area contributed by atoms with E-state index in [1.165, 1.54) is 23.9 Å². The van der Waals surface area contributed by atoms with Gasteiger partial charge in [0.05, 0.1) is 15.9 Å². The van der Waals surface area contributed by atoms with Gasteiger partial charge in [0.2, 0.25) is 0 Å². The number of benzene rings is 3. The Morgan fingerprint density at radius 3 is 2.65 bits per heavy atom. The molecule has 0 bridgehead atoms. The molecule has 0 saturated heterocycles. The van der Waals surface area contributed by atoms with Crippen LogP contribution in [-0.2, 0) is 6.54 Å². The SMILES string of the molecule is N#C/C(=C\c1cn(Cc2ccc(F)cc2)c2ccccc12)Sc1nc2ccccc2[nH]1. The zero-order valence-electron chi connectivity index (χ0n) is 16.4. The number of halogens is 1. The molecule has 0 amide bonds. The van der Waals surface area contributed by atoms with E-state index in [0.29, 0.717) is 16.6 Å². The average Bonchev–Trinajstić information content (AvgIpc) is 3.36. The summed E-state index contributed by atoms with van der Waals surface area (Å²) in [5.74, 6) is -0.244. The third-order valence-electron chi connectivity index (χ3n) is 5.06. The second-order valence-electron chi connectivity index (χ2n) is 7.14. The number of nitriles is 1. The van der Waals surface area contributed by atoms with Gasteiger partial charge in [0.25, 0.3) is 0 Å². The van der Waals surface area contributed by atoms with Crippen molar-refractivity contribution in [1.29, 1.82) is 5.26 Å². The van der Waals surface area contributed by atoms with Gasteiger partial charge in [0.1, 0.15) is 11.9 Å². The van der Waals surface area contributed by atoms with E-state index in [1.54, 1.807) is 12.1 Å². The minimum atomic E-state index is -0.244. The zero-order chi connectivity index (χ0) is 21.2. The lowest BCUT2D eigenvalue weighted by Gasteiger charge is -2.05. The third kappa shape index (κ3) is 3.96. The van der Waals surface area contributed by atoms with E-state index < -0.39 is 0 Å². The monoisotopic (exact) mass is 424 g/mol. The second-order valence-corrected chi connectivity index (χ2v) is 8.17. The summed E-state index contributed by atoms with van der Waals surface area (Å²) in [5, 5.41) is 11.5. The van der Waals surface area contributed by atoms with Gasteiger partial charge in [0, 0.05) is 29.2 Å². The van der Waals surface area contributed by atoms with Crippen molar-refractivity contribution in [3.05, 3.63) is 101 Å². The van der Waals surface area contributed by atoms with Crippen LogP contribution in [-0.4, -0.2) is 14.5 Å². The summed E-state index contributed by atoms with van der Waals surface area (Å²) in [6, 6.07) is 24.7. The lowest BCUT2D eigenvalue weighted by molar-refractivity contribution is 0.626. The molecule has 0 aliphatic heterocycles. The molecular weight excluding hydrogens is 407 g/mol. The molecule has 150 valence electrons. The largest absolute Gasteiger partial charge is 0.342 e. The van der Waals surface area contributed by atoms with Gasteiger partial charge in [-0.3, -0.25) is 0 Å². The molecule has 4 nitrogen and oxygen atoms in total. The van der Waals surface area contributed by atoms with Crippen molar-refractivity contribution in [2.24, 2.45) is 0 Å². The van der Waals surface area contributed by atoms with Gasteiger partial charge in [-0.05, 0) is 53.7 Å². The lowest BCUT2D eigenvalue weighted by atomic mass is 10.1. The van der Waals surface area contributed by atoms with Crippen molar-refractivity contribution in [1.82, 2.24) is 14.5 Å². The number of aromatic amines is 1. The van der Waals surface area contributed by atoms with E-state index in [4.69, 9.17) is 0 Å². The maximum absolute atomic E-state index is 13.3. The summed E-state index contributed by atoms with van der Waals surface area (Å²) in [6.07, 6.45) is 3.92. The van der Waals surface area contributed by atoms with Crippen molar-refractivity contribution in [2.75, 3.05) is 0 Å². The fourth-order valence-corrected chi connectivity index (χ4v) is 4.36. The van der Waals surface area contributed by atoms with E-state index in [2.05, 4.69) is 26.7 Å². The molecule has 0 saturated carbocycles. The molecule has 0 atom stereocenters. The number of H-pyrrole nitrogens is 1. The van der Waals surface area contributed by atoms with E-state index in [9.17, 15) is 9.65 Å². The molecule has 31 heavy (non-hydrogen) atoms. The van der Waals surface area contributed by atoms with Crippen LogP contribution in [0.2, 0.25) is 0 Å². The van der Waals surface area contributed by atoms with Crippen LogP contribution in [0.15, 0.2) is 89.1 Å². The van der Waals surface area contributed by atoms with Crippen LogP contribution >= 0.6 is 11.8 Å². The topological polar surface area (TPSA) is 57.4 Å². The van der Waals surface area contributed by atoms with Crippen molar-refractivity contribution in [3.8, 4) is 6.07 Å². The van der Waals surface area contributed by atoms with Crippen LogP contribution in [0.5, 0.6) is 0 Å². The molecule has 1 N–H and O–H groups in total. The van der Waals surface area contributed by atoms with E-state index >= 15 is 0 Å². The highest BCUT2D eigenvalue weighted by Crippen LogP contribution is 2.30. The van der Waals surface area contributed by atoms with Crippen molar-refractivity contribution < 1.29 is 4.39 Å². The normalized spacial score (nSPS) is 11.8. The maximum atomic E-state index is 13.3.